The molecular weight excluding hydrogens is 422 g/mol. The Balaban J connectivity index is 1.52. The Hall–Kier alpha value is -4.07. The number of Topliss-reactive ketones (excluding diaryl/α,β-unsaturated/α-hetero) is 1. The molecule has 0 saturated carbocycles. The Bertz CT molecular complexity index is 1200. The number of aliphatic hydroxyl groups excluding tert-OH is 1. The number of ketones is 1. The number of hydrogen-bond acceptors (Lipinski definition) is 6. The number of amides is 1. The van der Waals surface area contributed by atoms with Gasteiger partial charge in [-0.3, -0.25) is 9.59 Å². The Labute approximate surface area is 190 Å². The zero-order valence-electron chi connectivity index (χ0n) is 17.9. The Morgan fingerprint density at radius 3 is 2.58 bits per heavy atom. The first-order chi connectivity index (χ1) is 16.1. The van der Waals surface area contributed by atoms with Crippen LogP contribution in [0.3, 0.4) is 0 Å². The van der Waals surface area contributed by atoms with Crippen molar-refractivity contribution in [3.63, 3.8) is 0 Å². The van der Waals surface area contributed by atoms with Crippen LogP contribution in [0.4, 0.5) is 0 Å². The highest BCUT2D eigenvalue weighted by Gasteiger charge is 2.45. The lowest BCUT2D eigenvalue weighted by Crippen LogP contribution is -2.31. The molecule has 5 rings (SSSR count). The predicted octanol–water partition coefficient (Wildman–Crippen LogP) is 3.17. The van der Waals surface area contributed by atoms with Crippen LogP contribution in [-0.2, 0) is 16.1 Å². The molecule has 3 aromatic rings. The van der Waals surface area contributed by atoms with Crippen LogP contribution in [0.2, 0.25) is 0 Å². The molecule has 1 unspecified atom stereocenters. The topological polar surface area (TPSA) is 93.9 Å². The summed E-state index contributed by atoms with van der Waals surface area (Å²) in [6.45, 7) is 1.88. The third kappa shape index (κ3) is 3.95. The number of imidazole rings is 1. The third-order valence-corrected chi connectivity index (χ3v) is 5.85. The van der Waals surface area contributed by atoms with Gasteiger partial charge in [-0.05, 0) is 30.2 Å². The van der Waals surface area contributed by atoms with Crippen LogP contribution in [0.15, 0.2) is 72.8 Å². The number of carbonyl (C=O) groups excluding carboxylic acids is 2. The summed E-state index contributed by atoms with van der Waals surface area (Å²) >= 11 is 0. The molecule has 2 aliphatic heterocycles. The standard InChI is InChI=1S/C25H23N3O5/c29-23(18-7-8-19-20(15-18)33-14-13-32-19)21-22(17-5-2-1-3-6-17)28(25(31)24(21)30)11-4-10-27-12-9-26-16-27/h1-3,5-9,12,15-16,22,29H,4,10-11,13-14H2/b23-21+. The van der Waals surface area contributed by atoms with Gasteiger partial charge in [0.15, 0.2) is 11.5 Å². The van der Waals surface area contributed by atoms with Gasteiger partial charge in [0, 0.05) is 31.0 Å². The summed E-state index contributed by atoms with van der Waals surface area (Å²) in [7, 11) is 0. The minimum atomic E-state index is -0.695. The first-order valence-corrected chi connectivity index (χ1v) is 10.8. The number of likely N-dealkylation sites (tertiary alicyclic amines) is 1. The predicted molar refractivity (Wildman–Crippen MR) is 120 cm³/mol. The van der Waals surface area contributed by atoms with Crippen molar-refractivity contribution in [1.82, 2.24) is 14.5 Å². The summed E-state index contributed by atoms with van der Waals surface area (Å²) in [5.74, 6) is -0.461. The molecule has 0 spiro atoms. The van der Waals surface area contributed by atoms with Gasteiger partial charge >= 0.3 is 0 Å². The maximum Gasteiger partial charge on any atom is 0.295 e. The molecule has 1 saturated heterocycles. The average Bonchev–Trinajstić information content (AvgIpc) is 3.46. The van der Waals surface area contributed by atoms with Gasteiger partial charge in [0.25, 0.3) is 11.7 Å². The molecule has 33 heavy (non-hydrogen) atoms. The van der Waals surface area contributed by atoms with E-state index in [1.54, 1.807) is 30.7 Å². The van der Waals surface area contributed by atoms with Crippen LogP contribution in [-0.4, -0.2) is 51.0 Å². The molecule has 1 atom stereocenters. The molecule has 0 bridgehead atoms. The van der Waals surface area contributed by atoms with Gasteiger partial charge in [0.2, 0.25) is 0 Å². The molecular formula is C25H23N3O5. The van der Waals surface area contributed by atoms with Crippen LogP contribution in [0.5, 0.6) is 11.5 Å². The second-order valence-electron chi connectivity index (χ2n) is 7.92. The fourth-order valence-electron chi connectivity index (χ4n) is 4.28. The summed E-state index contributed by atoms with van der Waals surface area (Å²) < 4.78 is 13.1. The van der Waals surface area contributed by atoms with Crippen LogP contribution in [0.25, 0.3) is 5.76 Å². The molecule has 1 aromatic heterocycles. The zero-order chi connectivity index (χ0) is 22.8. The molecule has 2 aliphatic rings. The van der Waals surface area contributed by atoms with Gasteiger partial charge < -0.3 is 24.0 Å². The number of fused-ring (bicyclic) bond motifs is 1. The minimum absolute atomic E-state index is 0.0745. The number of aliphatic hydroxyl groups is 1. The van der Waals surface area contributed by atoms with Gasteiger partial charge in [0.1, 0.15) is 19.0 Å². The van der Waals surface area contributed by atoms with E-state index in [4.69, 9.17) is 9.47 Å². The summed E-state index contributed by atoms with van der Waals surface area (Å²) in [6, 6.07) is 13.6. The van der Waals surface area contributed by atoms with E-state index in [0.717, 1.165) is 5.56 Å². The third-order valence-electron chi connectivity index (χ3n) is 5.85. The number of benzene rings is 2. The number of aromatic nitrogens is 2. The van der Waals surface area contributed by atoms with Crippen LogP contribution in [0.1, 0.15) is 23.6 Å². The van der Waals surface area contributed by atoms with E-state index < -0.39 is 17.7 Å². The number of hydrogen-bond donors (Lipinski definition) is 1. The Morgan fingerprint density at radius 1 is 1.03 bits per heavy atom. The smallest absolute Gasteiger partial charge is 0.295 e. The average molecular weight is 445 g/mol. The van der Waals surface area contributed by atoms with E-state index in [2.05, 4.69) is 4.98 Å². The van der Waals surface area contributed by atoms with Gasteiger partial charge in [-0.1, -0.05) is 30.3 Å². The van der Waals surface area contributed by atoms with E-state index in [-0.39, 0.29) is 11.3 Å². The van der Waals surface area contributed by atoms with Gasteiger partial charge in [-0.15, -0.1) is 0 Å². The highest BCUT2D eigenvalue weighted by molar-refractivity contribution is 6.46. The number of rotatable bonds is 6. The monoisotopic (exact) mass is 445 g/mol. The van der Waals surface area contributed by atoms with Crippen molar-refractivity contribution in [3.05, 3.63) is 84.0 Å². The first-order valence-electron chi connectivity index (χ1n) is 10.8. The quantitative estimate of drug-likeness (QED) is 0.356. The number of carbonyl (C=O) groups is 2. The second-order valence-corrected chi connectivity index (χ2v) is 7.92. The summed E-state index contributed by atoms with van der Waals surface area (Å²) in [5, 5.41) is 11.2. The molecule has 0 radical (unpaired) electrons. The largest absolute Gasteiger partial charge is 0.507 e. The van der Waals surface area contributed by atoms with Crippen molar-refractivity contribution < 1.29 is 24.2 Å². The van der Waals surface area contributed by atoms with Crippen molar-refractivity contribution in [3.8, 4) is 11.5 Å². The highest BCUT2D eigenvalue weighted by atomic mass is 16.6. The lowest BCUT2D eigenvalue weighted by atomic mass is 9.95. The van der Waals surface area contributed by atoms with E-state index in [1.807, 2.05) is 41.1 Å². The molecule has 8 heteroatoms. The van der Waals surface area contributed by atoms with E-state index >= 15 is 0 Å². The normalized spacial score (nSPS) is 19.2. The lowest BCUT2D eigenvalue weighted by molar-refractivity contribution is -0.139. The Morgan fingerprint density at radius 2 is 1.82 bits per heavy atom. The fourth-order valence-corrected chi connectivity index (χ4v) is 4.28. The SMILES string of the molecule is O=C1C(=O)N(CCCn2ccnc2)C(c2ccccc2)/C1=C(\O)c1ccc2c(c1)OCCO2. The summed E-state index contributed by atoms with van der Waals surface area (Å²) in [4.78, 5) is 31.7. The van der Waals surface area contributed by atoms with E-state index in [0.29, 0.717) is 49.8 Å². The fraction of sp³-hybridized carbons (Fsp3) is 0.240. The Kier molecular flexibility index (Phi) is 5.56. The van der Waals surface area contributed by atoms with Crippen molar-refractivity contribution in [1.29, 1.82) is 0 Å². The zero-order valence-corrected chi connectivity index (χ0v) is 17.9. The molecule has 168 valence electrons. The van der Waals surface area contributed by atoms with Gasteiger partial charge in [-0.2, -0.15) is 0 Å². The minimum Gasteiger partial charge on any atom is -0.507 e. The van der Waals surface area contributed by atoms with Crippen molar-refractivity contribution in [2.75, 3.05) is 19.8 Å². The van der Waals surface area contributed by atoms with Crippen LogP contribution in [0, 0.1) is 0 Å². The van der Waals surface area contributed by atoms with Crippen molar-refractivity contribution in [2.24, 2.45) is 0 Å². The molecule has 3 heterocycles. The number of ether oxygens (including phenoxy) is 2. The first kappa shape index (κ1) is 20.8. The molecule has 1 amide bonds. The van der Waals surface area contributed by atoms with Gasteiger partial charge in [0.05, 0.1) is 17.9 Å². The van der Waals surface area contributed by atoms with Crippen LogP contribution >= 0.6 is 0 Å². The maximum absolute atomic E-state index is 13.1. The molecule has 2 aromatic carbocycles. The van der Waals surface area contributed by atoms with Crippen molar-refractivity contribution in [2.45, 2.75) is 19.0 Å². The molecule has 0 aliphatic carbocycles. The highest BCUT2D eigenvalue weighted by Crippen LogP contribution is 2.41. The molecule has 1 fully saturated rings. The van der Waals surface area contributed by atoms with Crippen molar-refractivity contribution >= 4 is 17.4 Å². The molecule has 1 N–H and O–H groups in total. The van der Waals surface area contributed by atoms with Crippen LogP contribution < -0.4 is 9.47 Å². The van der Waals surface area contributed by atoms with Gasteiger partial charge in [-0.25, -0.2) is 4.98 Å². The van der Waals surface area contributed by atoms with E-state index in [9.17, 15) is 14.7 Å². The maximum atomic E-state index is 13.1. The van der Waals surface area contributed by atoms with E-state index in [1.165, 1.54) is 4.90 Å². The summed E-state index contributed by atoms with van der Waals surface area (Å²) in [6.07, 6.45) is 5.90. The lowest BCUT2D eigenvalue weighted by Gasteiger charge is -2.25. The second kappa shape index (κ2) is 8.82. The molecule has 8 nitrogen and oxygen atoms in total. The number of aryl methyl sites for hydroxylation is 1. The number of nitrogens with zero attached hydrogens (tertiary/aromatic N) is 3. The summed E-state index contributed by atoms with van der Waals surface area (Å²) in [5.41, 5.74) is 1.24.